The summed E-state index contributed by atoms with van der Waals surface area (Å²) in [5, 5.41) is 0. The van der Waals surface area contributed by atoms with Crippen molar-refractivity contribution in [1.29, 1.82) is 0 Å². The minimum absolute atomic E-state index is 0.396. The smallest absolute Gasteiger partial charge is 0.347 e. The van der Waals surface area contributed by atoms with Gasteiger partial charge >= 0.3 is 5.97 Å². The summed E-state index contributed by atoms with van der Waals surface area (Å²) >= 11 is 0. The highest BCUT2D eigenvalue weighted by Gasteiger charge is 2.50. The van der Waals surface area contributed by atoms with E-state index in [9.17, 15) is 4.79 Å². The lowest BCUT2D eigenvalue weighted by atomic mass is 9.91. The monoisotopic (exact) mass is 254 g/mol. The van der Waals surface area contributed by atoms with Crippen molar-refractivity contribution in [2.24, 2.45) is 0 Å². The third-order valence-electron chi connectivity index (χ3n) is 3.68. The fraction of sp³-hybridized carbons (Fsp3) is 0.188. The predicted molar refractivity (Wildman–Crippen MR) is 71.7 cm³/mol. The van der Waals surface area contributed by atoms with E-state index >= 15 is 0 Å². The Hall–Kier alpha value is -2.13. The van der Waals surface area contributed by atoms with Gasteiger partial charge in [-0.25, -0.2) is 4.79 Å². The molecule has 96 valence electrons. The molecule has 0 aliphatic heterocycles. The number of rotatable bonds is 2. The number of methoxy groups -OCH3 is 2. The molecule has 0 spiro atoms. The lowest BCUT2D eigenvalue weighted by Gasteiger charge is -2.27. The van der Waals surface area contributed by atoms with Crippen molar-refractivity contribution in [3.8, 4) is 11.1 Å². The van der Waals surface area contributed by atoms with Crippen LogP contribution in [-0.4, -0.2) is 20.2 Å². The summed E-state index contributed by atoms with van der Waals surface area (Å²) in [5.74, 6) is -0.396. The van der Waals surface area contributed by atoms with Gasteiger partial charge in [-0.1, -0.05) is 48.5 Å². The zero-order chi connectivity index (χ0) is 13.5. The van der Waals surface area contributed by atoms with Crippen molar-refractivity contribution < 1.29 is 14.3 Å². The van der Waals surface area contributed by atoms with Gasteiger partial charge in [0.2, 0.25) is 5.60 Å². The molecular formula is C16H14O3. The molecule has 0 radical (unpaired) electrons. The molecule has 2 aromatic rings. The van der Waals surface area contributed by atoms with Gasteiger partial charge in [0.05, 0.1) is 7.11 Å². The third kappa shape index (κ3) is 1.39. The zero-order valence-electron chi connectivity index (χ0n) is 10.8. The lowest BCUT2D eigenvalue weighted by Crippen LogP contribution is -2.38. The number of fused-ring (bicyclic) bond motifs is 3. The molecule has 1 aliphatic carbocycles. The quantitative estimate of drug-likeness (QED) is 0.773. The largest absolute Gasteiger partial charge is 0.466 e. The molecule has 0 fully saturated rings. The molecule has 3 nitrogen and oxygen atoms in total. The van der Waals surface area contributed by atoms with Crippen molar-refractivity contribution >= 4 is 5.97 Å². The number of benzene rings is 2. The first kappa shape index (κ1) is 11.9. The molecule has 0 saturated heterocycles. The summed E-state index contributed by atoms with van der Waals surface area (Å²) in [7, 11) is 2.92. The maximum absolute atomic E-state index is 12.3. The van der Waals surface area contributed by atoms with Gasteiger partial charge in [-0.15, -0.1) is 0 Å². The summed E-state index contributed by atoms with van der Waals surface area (Å²) < 4.78 is 10.6. The van der Waals surface area contributed by atoms with Gasteiger partial charge in [-0.3, -0.25) is 0 Å². The Labute approximate surface area is 111 Å². The SMILES string of the molecule is COC(=O)C1(OC)c2ccccc2-c2ccccc21. The van der Waals surface area contributed by atoms with E-state index in [1.165, 1.54) is 14.2 Å². The molecule has 2 aromatic carbocycles. The van der Waals surface area contributed by atoms with Gasteiger partial charge in [-0.2, -0.15) is 0 Å². The summed E-state index contributed by atoms with van der Waals surface area (Å²) in [5.41, 5.74) is 2.56. The fourth-order valence-electron chi connectivity index (χ4n) is 2.86. The van der Waals surface area contributed by atoms with Crippen molar-refractivity contribution in [2.75, 3.05) is 14.2 Å². The Morgan fingerprint density at radius 3 is 1.79 bits per heavy atom. The molecule has 0 unspecified atom stereocenters. The van der Waals surface area contributed by atoms with E-state index in [0.29, 0.717) is 0 Å². The van der Waals surface area contributed by atoms with Gasteiger partial charge in [0.1, 0.15) is 0 Å². The second-order valence-electron chi connectivity index (χ2n) is 4.47. The highest BCUT2D eigenvalue weighted by Crippen LogP contribution is 2.49. The van der Waals surface area contributed by atoms with E-state index in [1.807, 2.05) is 48.5 Å². The second kappa shape index (κ2) is 4.21. The molecule has 0 saturated carbocycles. The molecule has 0 atom stereocenters. The van der Waals surface area contributed by atoms with E-state index in [0.717, 1.165) is 22.3 Å². The molecule has 0 aromatic heterocycles. The minimum atomic E-state index is -1.15. The van der Waals surface area contributed by atoms with Crippen LogP contribution in [-0.2, 0) is 19.9 Å². The van der Waals surface area contributed by atoms with Gasteiger partial charge in [0.25, 0.3) is 0 Å². The van der Waals surface area contributed by atoms with Crippen LogP contribution in [0, 0.1) is 0 Å². The van der Waals surface area contributed by atoms with Crippen LogP contribution in [0.4, 0.5) is 0 Å². The molecule has 0 amide bonds. The van der Waals surface area contributed by atoms with Crippen LogP contribution < -0.4 is 0 Å². The van der Waals surface area contributed by atoms with E-state index in [4.69, 9.17) is 9.47 Å². The number of esters is 1. The van der Waals surface area contributed by atoms with E-state index in [1.54, 1.807) is 0 Å². The van der Waals surface area contributed by atoms with Crippen molar-refractivity contribution in [1.82, 2.24) is 0 Å². The Morgan fingerprint density at radius 2 is 1.37 bits per heavy atom. The zero-order valence-corrected chi connectivity index (χ0v) is 10.8. The molecule has 0 heterocycles. The fourth-order valence-corrected chi connectivity index (χ4v) is 2.86. The van der Waals surface area contributed by atoms with Crippen LogP contribution in [0.25, 0.3) is 11.1 Å². The van der Waals surface area contributed by atoms with E-state index in [-0.39, 0.29) is 0 Å². The average molecular weight is 254 g/mol. The van der Waals surface area contributed by atoms with Crippen molar-refractivity contribution in [2.45, 2.75) is 5.60 Å². The second-order valence-corrected chi connectivity index (χ2v) is 4.47. The number of carbonyl (C=O) groups is 1. The van der Waals surface area contributed by atoms with Crippen LogP contribution in [0.5, 0.6) is 0 Å². The standard InChI is InChI=1S/C16H14O3/c1-18-15(17)16(19-2)13-9-5-3-7-11(13)12-8-4-6-10-14(12)16/h3-10H,1-2H3. The number of hydrogen-bond donors (Lipinski definition) is 0. The first-order valence-electron chi connectivity index (χ1n) is 6.08. The van der Waals surface area contributed by atoms with Crippen LogP contribution in [0.15, 0.2) is 48.5 Å². The Kier molecular flexibility index (Phi) is 2.64. The molecule has 0 N–H and O–H groups in total. The van der Waals surface area contributed by atoms with Gasteiger partial charge in [-0.05, 0) is 11.1 Å². The summed E-state index contributed by atoms with van der Waals surface area (Å²) in [6.07, 6.45) is 0. The van der Waals surface area contributed by atoms with E-state index < -0.39 is 11.6 Å². The van der Waals surface area contributed by atoms with E-state index in [2.05, 4.69) is 0 Å². The topological polar surface area (TPSA) is 35.5 Å². The van der Waals surface area contributed by atoms with Gasteiger partial charge < -0.3 is 9.47 Å². The van der Waals surface area contributed by atoms with Crippen molar-refractivity contribution in [3.63, 3.8) is 0 Å². The average Bonchev–Trinajstić information content (AvgIpc) is 2.78. The summed E-state index contributed by atoms with van der Waals surface area (Å²) in [6, 6.07) is 15.5. The molecule has 3 heteroatoms. The first-order valence-corrected chi connectivity index (χ1v) is 6.08. The lowest BCUT2D eigenvalue weighted by molar-refractivity contribution is -0.161. The number of hydrogen-bond acceptors (Lipinski definition) is 3. The highest BCUT2D eigenvalue weighted by atomic mass is 16.6. The number of ether oxygens (including phenoxy) is 2. The molecular weight excluding hydrogens is 240 g/mol. The Bertz CT molecular complexity index is 600. The third-order valence-corrected chi connectivity index (χ3v) is 3.68. The maximum Gasteiger partial charge on any atom is 0.347 e. The number of carbonyl (C=O) groups excluding carboxylic acids is 1. The highest BCUT2D eigenvalue weighted by molar-refractivity contribution is 5.96. The summed E-state index contributed by atoms with van der Waals surface area (Å²) in [4.78, 5) is 12.3. The molecule has 3 rings (SSSR count). The molecule has 1 aliphatic rings. The summed E-state index contributed by atoms with van der Waals surface area (Å²) in [6.45, 7) is 0. The van der Waals surface area contributed by atoms with Crippen LogP contribution in [0.2, 0.25) is 0 Å². The molecule has 0 bridgehead atoms. The van der Waals surface area contributed by atoms with Crippen LogP contribution in [0.3, 0.4) is 0 Å². The van der Waals surface area contributed by atoms with Crippen LogP contribution >= 0.6 is 0 Å². The Morgan fingerprint density at radius 1 is 0.895 bits per heavy atom. The van der Waals surface area contributed by atoms with Gasteiger partial charge in [0.15, 0.2) is 0 Å². The Balaban J connectivity index is 2.39. The minimum Gasteiger partial charge on any atom is -0.466 e. The molecule has 19 heavy (non-hydrogen) atoms. The first-order chi connectivity index (χ1) is 9.25. The van der Waals surface area contributed by atoms with Crippen LogP contribution in [0.1, 0.15) is 11.1 Å². The maximum atomic E-state index is 12.3. The van der Waals surface area contributed by atoms with Crippen molar-refractivity contribution in [3.05, 3.63) is 59.7 Å². The normalized spacial score (nSPS) is 14.6. The van der Waals surface area contributed by atoms with Gasteiger partial charge in [0, 0.05) is 18.2 Å². The predicted octanol–water partition coefficient (Wildman–Crippen LogP) is 2.73.